The molecule has 1 rings (SSSR count). The Labute approximate surface area is 71.0 Å². The van der Waals surface area contributed by atoms with E-state index in [2.05, 4.69) is 5.32 Å². The van der Waals surface area contributed by atoms with Gasteiger partial charge in [-0.2, -0.15) is 0 Å². The number of rotatable bonds is 5. The number of carbonyl (C=O) groups is 2. The number of amides is 1. The van der Waals surface area contributed by atoms with Crippen molar-refractivity contribution in [2.24, 2.45) is 5.92 Å². The maximum absolute atomic E-state index is 10.9. The molecule has 1 fully saturated rings. The molecule has 0 aliphatic heterocycles. The molecule has 68 valence electrons. The number of aliphatic carboxylic acids is 1. The topological polar surface area (TPSA) is 66.4 Å². The van der Waals surface area contributed by atoms with Crippen LogP contribution in [-0.4, -0.2) is 23.5 Å². The Morgan fingerprint density at radius 2 is 2.00 bits per heavy atom. The summed E-state index contributed by atoms with van der Waals surface area (Å²) in [5.74, 6) is -0.417. The van der Waals surface area contributed by atoms with Crippen LogP contribution in [0, 0.1) is 5.92 Å². The number of carbonyl (C=O) groups excluding carboxylic acids is 1. The van der Waals surface area contributed by atoms with Crippen molar-refractivity contribution in [2.45, 2.75) is 25.7 Å². The van der Waals surface area contributed by atoms with E-state index in [1.165, 1.54) is 12.8 Å². The minimum Gasteiger partial charge on any atom is -0.481 e. The van der Waals surface area contributed by atoms with Crippen LogP contribution in [0.4, 0.5) is 0 Å². The number of nitrogens with one attached hydrogen (secondary N) is 1. The maximum Gasteiger partial charge on any atom is 0.303 e. The van der Waals surface area contributed by atoms with Crippen LogP contribution in [-0.2, 0) is 9.59 Å². The average molecular weight is 171 g/mol. The maximum atomic E-state index is 10.9. The highest BCUT2D eigenvalue weighted by Crippen LogP contribution is 2.27. The van der Waals surface area contributed by atoms with Gasteiger partial charge in [-0.25, -0.2) is 0 Å². The number of carboxylic acids is 1. The molecule has 0 bridgehead atoms. The minimum atomic E-state index is -0.920. The minimum absolute atomic E-state index is 0.0729. The zero-order valence-corrected chi connectivity index (χ0v) is 6.88. The molecule has 1 aliphatic carbocycles. The predicted octanol–water partition coefficient (Wildman–Crippen LogP) is 0.377. The van der Waals surface area contributed by atoms with Gasteiger partial charge in [0.2, 0.25) is 5.91 Å². The molecule has 0 heterocycles. The second kappa shape index (κ2) is 4.09. The molecule has 0 spiro atoms. The zero-order chi connectivity index (χ0) is 8.97. The standard InChI is InChI=1S/C8H13NO3/c10-7(3-4-8(11)12)9-5-6-1-2-6/h6H,1-5H2,(H,9,10)(H,11,12). The molecule has 12 heavy (non-hydrogen) atoms. The van der Waals surface area contributed by atoms with Crippen LogP contribution < -0.4 is 5.32 Å². The van der Waals surface area contributed by atoms with Gasteiger partial charge in [-0.15, -0.1) is 0 Å². The largest absolute Gasteiger partial charge is 0.481 e. The van der Waals surface area contributed by atoms with Gasteiger partial charge in [0.05, 0.1) is 6.42 Å². The van der Waals surface area contributed by atoms with Crippen molar-refractivity contribution in [3.63, 3.8) is 0 Å². The fourth-order valence-corrected chi connectivity index (χ4v) is 0.889. The van der Waals surface area contributed by atoms with Crippen molar-refractivity contribution in [3.05, 3.63) is 0 Å². The first-order valence-corrected chi connectivity index (χ1v) is 4.17. The van der Waals surface area contributed by atoms with Crippen LogP contribution in [0.15, 0.2) is 0 Å². The summed E-state index contributed by atoms with van der Waals surface area (Å²) in [5.41, 5.74) is 0. The first kappa shape index (κ1) is 9.03. The van der Waals surface area contributed by atoms with Crippen LogP contribution >= 0.6 is 0 Å². The highest BCUT2D eigenvalue weighted by Gasteiger charge is 2.21. The molecule has 1 amide bonds. The molecular weight excluding hydrogens is 158 g/mol. The van der Waals surface area contributed by atoms with Crippen molar-refractivity contribution < 1.29 is 14.7 Å². The first-order valence-electron chi connectivity index (χ1n) is 4.17. The van der Waals surface area contributed by atoms with Crippen molar-refractivity contribution in [3.8, 4) is 0 Å². The molecule has 0 aromatic heterocycles. The Hall–Kier alpha value is -1.06. The van der Waals surface area contributed by atoms with Gasteiger partial charge in [0.15, 0.2) is 0 Å². The zero-order valence-electron chi connectivity index (χ0n) is 6.88. The van der Waals surface area contributed by atoms with E-state index in [-0.39, 0.29) is 18.7 Å². The summed E-state index contributed by atoms with van der Waals surface area (Å²) < 4.78 is 0. The normalized spacial score (nSPS) is 15.7. The Balaban J connectivity index is 1.98. The molecule has 4 heteroatoms. The summed E-state index contributed by atoms with van der Waals surface area (Å²) in [6.07, 6.45) is 2.41. The van der Waals surface area contributed by atoms with Crippen LogP contribution in [0.25, 0.3) is 0 Å². The molecular formula is C8H13NO3. The third-order valence-corrected chi connectivity index (χ3v) is 1.85. The molecule has 0 saturated heterocycles. The molecule has 0 aromatic carbocycles. The molecule has 0 aromatic rings. The van der Waals surface area contributed by atoms with Crippen LogP contribution in [0.3, 0.4) is 0 Å². The lowest BCUT2D eigenvalue weighted by Gasteiger charge is -2.01. The molecule has 1 aliphatic rings. The Kier molecular flexibility index (Phi) is 3.08. The third-order valence-electron chi connectivity index (χ3n) is 1.85. The highest BCUT2D eigenvalue weighted by atomic mass is 16.4. The third kappa shape index (κ3) is 3.95. The monoisotopic (exact) mass is 171 g/mol. The molecule has 0 radical (unpaired) electrons. The average Bonchev–Trinajstić information content (AvgIpc) is 2.80. The SMILES string of the molecule is O=C(O)CCC(=O)NCC1CC1. The van der Waals surface area contributed by atoms with Crippen molar-refractivity contribution >= 4 is 11.9 Å². The molecule has 1 saturated carbocycles. The van der Waals surface area contributed by atoms with Crippen LogP contribution in [0.2, 0.25) is 0 Å². The number of hydrogen-bond donors (Lipinski definition) is 2. The van der Waals surface area contributed by atoms with Crippen LogP contribution in [0.5, 0.6) is 0 Å². The summed E-state index contributed by atoms with van der Waals surface area (Å²) in [4.78, 5) is 21.0. The van der Waals surface area contributed by atoms with E-state index in [9.17, 15) is 9.59 Å². The predicted molar refractivity (Wildman–Crippen MR) is 42.6 cm³/mol. The lowest BCUT2D eigenvalue weighted by Crippen LogP contribution is -2.25. The van der Waals surface area contributed by atoms with Gasteiger partial charge in [0, 0.05) is 13.0 Å². The molecule has 2 N–H and O–H groups in total. The number of hydrogen-bond acceptors (Lipinski definition) is 2. The van der Waals surface area contributed by atoms with Crippen molar-refractivity contribution in [2.75, 3.05) is 6.54 Å². The second-order valence-electron chi connectivity index (χ2n) is 3.14. The van der Waals surface area contributed by atoms with Gasteiger partial charge in [-0.1, -0.05) is 0 Å². The van der Waals surface area contributed by atoms with Gasteiger partial charge >= 0.3 is 5.97 Å². The van der Waals surface area contributed by atoms with Gasteiger partial charge in [-0.3, -0.25) is 9.59 Å². The summed E-state index contributed by atoms with van der Waals surface area (Å²) in [7, 11) is 0. The molecule has 0 unspecified atom stereocenters. The second-order valence-corrected chi connectivity index (χ2v) is 3.14. The summed E-state index contributed by atoms with van der Waals surface area (Å²) in [6.45, 7) is 0.721. The van der Waals surface area contributed by atoms with Crippen molar-refractivity contribution in [1.29, 1.82) is 0 Å². The van der Waals surface area contributed by atoms with Gasteiger partial charge in [-0.05, 0) is 18.8 Å². The summed E-state index contributed by atoms with van der Waals surface area (Å²) >= 11 is 0. The first-order chi connectivity index (χ1) is 5.68. The summed E-state index contributed by atoms with van der Waals surface area (Å²) in [5, 5.41) is 11.0. The fourth-order valence-electron chi connectivity index (χ4n) is 0.889. The molecule has 0 atom stereocenters. The molecule has 4 nitrogen and oxygen atoms in total. The van der Waals surface area contributed by atoms with E-state index < -0.39 is 5.97 Å². The highest BCUT2D eigenvalue weighted by molar-refractivity contribution is 5.80. The van der Waals surface area contributed by atoms with E-state index in [4.69, 9.17) is 5.11 Å². The lowest BCUT2D eigenvalue weighted by atomic mass is 10.3. The Morgan fingerprint density at radius 3 is 2.50 bits per heavy atom. The van der Waals surface area contributed by atoms with Crippen LogP contribution in [0.1, 0.15) is 25.7 Å². The van der Waals surface area contributed by atoms with E-state index in [0.29, 0.717) is 5.92 Å². The lowest BCUT2D eigenvalue weighted by molar-refractivity contribution is -0.138. The number of carboxylic acid groups (broad SMARTS) is 1. The van der Waals surface area contributed by atoms with E-state index in [0.717, 1.165) is 6.54 Å². The Bertz CT molecular complexity index is 187. The van der Waals surface area contributed by atoms with Crippen molar-refractivity contribution in [1.82, 2.24) is 5.32 Å². The quantitative estimate of drug-likeness (QED) is 0.628. The van der Waals surface area contributed by atoms with E-state index in [1.807, 2.05) is 0 Å². The van der Waals surface area contributed by atoms with Gasteiger partial charge in [0.25, 0.3) is 0 Å². The van der Waals surface area contributed by atoms with E-state index in [1.54, 1.807) is 0 Å². The van der Waals surface area contributed by atoms with Gasteiger partial charge in [0.1, 0.15) is 0 Å². The Morgan fingerprint density at radius 1 is 1.33 bits per heavy atom. The smallest absolute Gasteiger partial charge is 0.303 e. The van der Waals surface area contributed by atoms with Gasteiger partial charge < -0.3 is 10.4 Å². The fraction of sp³-hybridized carbons (Fsp3) is 0.750. The summed E-state index contributed by atoms with van der Waals surface area (Å²) in [6, 6.07) is 0. The van der Waals surface area contributed by atoms with E-state index >= 15 is 0 Å².